The van der Waals surface area contributed by atoms with Gasteiger partial charge in [-0.3, -0.25) is 4.57 Å². The second-order valence-electron chi connectivity index (χ2n) is 4.94. The molecule has 0 aromatic heterocycles. The van der Waals surface area contributed by atoms with Crippen LogP contribution in [0.3, 0.4) is 0 Å². The molecule has 0 saturated heterocycles. The van der Waals surface area contributed by atoms with E-state index in [1.807, 2.05) is 0 Å². The van der Waals surface area contributed by atoms with Crippen LogP contribution in [0.25, 0.3) is 11.1 Å². The van der Waals surface area contributed by atoms with Crippen LogP contribution < -0.4 is 10.6 Å². The standard InChI is InChI=1S/C18H14FO2P/c19-15-12-10-14(11-13-15)17-8-4-5-9-18(17)22(20,21)16-6-2-1-3-7-16/h1-13H,(H,20,21). The molecular formula is C18H14FO2P. The molecule has 3 aromatic carbocycles. The van der Waals surface area contributed by atoms with Crippen molar-refractivity contribution in [2.45, 2.75) is 0 Å². The minimum atomic E-state index is -3.71. The quantitative estimate of drug-likeness (QED) is 0.749. The normalized spacial score (nSPS) is 13.5. The minimum absolute atomic E-state index is 0.337. The fraction of sp³-hybridized carbons (Fsp3) is 0. The summed E-state index contributed by atoms with van der Waals surface area (Å²) in [5.74, 6) is -0.337. The summed E-state index contributed by atoms with van der Waals surface area (Å²) in [5, 5.41) is 0.734. The highest BCUT2D eigenvalue weighted by molar-refractivity contribution is 7.73. The zero-order valence-electron chi connectivity index (χ0n) is 11.7. The number of hydrogen-bond acceptors (Lipinski definition) is 1. The summed E-state index contributed by atoms with van der Waals surface area (Å²) in [6, 6.07) is 21.4. The Kier molecular flexibility index (Phi) is 3.93. The lowest BCUT2D eigenvalue weighted by Gasteiger charge is -2.16. The lowest BCUT2D eigenvalue weighted by Crippen LogP contribution is -2.17. The molecule has 3 aromatic rings. The first-order valence-electron chi connectivity index (χ1n) is 6.83. The third-order valence-corrected chi connectivity index (χ3v) is 5.53. The summed E-state index contributed by atoms with van der Waals surface area (Å²) in [5.41, 5.74) is 1.35. The molecule has 1 unspecified atom stereocenters. The molecule has 0 amide bonds. The molecule has 0 aliphatic carbocycles. The van der Waals surface area contributed by atoms with Crippen LogP contribution in [0.15, 0.2) is 78.9 Å². The van der Waals surface area contributed by atoms with Gasteiger partial charge in [0, 0.05) is 10.6 Å². The Morgan fingerprint density at radius 1 is 0.773 bits per heavy atom. The second kappa shape index (κ2) is 5.88. The topological polar surface area (TPSA) is 37.3 Å². The van der Waals surface area contributed by atoms with Gasteiger partial charge in [-0.1, -0.05) is 48.5 Å². The van der Waals surface area contributed by atoms with Crippen LogP contribution in [0.5, 0.6) is 0 Å². The summed E-state index contributed by atoms with van der Waals surface area (Å²) < 4.78 is 26.1. The average molecular weight is 312 g/mol. The zero-order chi connectivity index (χ0) is 15.6. The first-order chi connectivity index (χ1) is 10.6. The van der Waals surface area contributed by atoms with Crippen molar-refractivity contribution in [3.8, 4) is 11.1 Å². The van der Waals surface area contributed by atoms with Crippen molar-refractivity contribution in [3.05, 3.63) is 84.7 Å². The Balaban J connectivity index is 2.16. The highest BCUT2D eigenvalue weighted by Crippen LogP contribution is 2.41. The summed E-state index contributed by atoms with van der Waals surface area (Å²) in [7, 11) is -3.71. The van der Waals surface area contributed by atoms with Gasteiger partial charge in [-0.2, -0.15) is 0 Å². The highest BCUT2D eigenvalue weighted by atomic mass is 31.2. The van der Waals surface area contributed by atoms with Crippen molar-refractivity contribution in [2.75, 3.05) is 0 Å². The van der Waals surface area contributed by atoms with E-state index in [-0.39, 0.29) is 5.82 Å². The van der Waals surface area contributed by atoms with E-state index in [2.05, 4.69) is 0 Å². The van der Waals surface area contributed by atoms with Gasteiger partial charge in [0.05, 0.1) is 0 Å². The van der Waals surface area contributed by atoms with E-state index < -0.39 is 7.37 Å². The molecule has 1 N–H and O–H groups in total. The first-order valence-corrected chi connectivity index (χ1v) is 8.49. The van der Waals surface area contributed by atoms with Crippen LogP contribution in [0.4, 0.5) is 4.39 Å². The molecule has 0 aliphatic heterocycles. The van der Waals surface area contributed by atoms with E-state index in [1.54, 1.807) is 66.7 Å². The molecule has 22 heavy (non-hydrogen) atoms. The molecule has 0 spiro atoms. The van der Waals surface area contributed by atoms with E-state index >= 15 is 0 Å². The first kappa shape index (κ1) is 14.7. The molecule has 2 nitrogen and oxygen atoms in total. The van der Waals surface area contributed by atoms with Gasteiger partial charge in [0.25, 0.3) is 7.37 Å². The predicted octanol–water partition coefficient (Wildman–Crippen LogP) is 3.71. The predicted molar refractivity (Wildman–Crippen MR) is 87.4 cm³/mol. The number of rotatable bonds is 3. The van der Waals surface area contributed by atoms with E-state index in [9.17, 15) is 13.8 Å². The highest BCUT2D eigenvalue weighted by Gasteiger charge is 2.26. The molecule has 110 valence electrons. The van der Waals surface area contributed by atoms with Gasteiger partial charge in [-0.25, -0.2) is 4.39 Å². The van der Waals surface area contributed by atoms with Crippen molar-refractivity contribution in [1.29, 1.82) is 0 Å². The molecule has 3 rings (SSSR count). The fourth-order valence-electron chi connectivity index (χ4n) is 2.38. The molecule has 0 radical (unpaired) electrons. The summed E-state index contributed by atoms with van der Waals surface area (Å²) in [4.78, 5) is 10.6. The van der Waals surface area contributed by atoms with Crippen LogP contribution in [0.1, 0.15) is 0 Å². The second-order valence-corrected chi connectivity index (χ2v) is 7.09. The third kappa shape index (κ3) is 2.74. The largest absolute Gasteiger partial charge is 0.338 e. The number of hydrogen-bond donors (Lipinski definition) is 1. The van der Waals surface area contributed by atoms with Crippen molar-refractivity contribution in [3.63, 3.8) is 0 Å². The fourth-order valence-corrected chi connectivity index (χ4v) is 4.05. The van der Waals surface area contributed by atoms with Gasteiger partial charge in [0.2, 0.25) is 0 Å². The van der Waals surface area contributed by atoms with Crippen molar-refractivity contribution >= 4 is 18.0 Å². The third-order valence-electron chi connectivity index (χ3n) is 3.49. The maximum absolute atomic E-state index is 13.1. The monoisotopic (exact) mass is 312 g/mol. The lowest BCUT2D eigenvalue weighted by molar-refractivity contribution is 0.501. The van der Waals surface area contributed by atoms with Gasteiger partial charge in [-0.15, -0.1) is 0 Å². The Morgan fingerprint density at radius 2 is 1.36 bits per heavy atom. The van der Waals surface area contributed by atoms with Crippen LogP contribution >= 0.6 is 7.37 Å². The van der Waals surface area contributed by atoms with E-state index in [4.69, 9.17) is 0 Å². The van der Waals surface area contributed by atoms with Crippen LogP contribution in [-0.2, 0) is 4.57 Å². The number of halogens is 1. The summed E-state index contributed by atoms with van der Waals surface area (Å²) in [6.07, 6.45) is 0. The van der Waals surface area contributed by atoms with Crippen LogP contribution in [0, 0.1) is 5.82 Å². The van der Waals surface area contributed by atoms with Crippen LogP contribution in [0.2, 0.25) is 0 Å². The molecule has 0 bridgehead atoms. The Labute approximate surface area is 128 Å². The maximum atomic E-state index is 13.1. The molecule has 0 heterocycles. The SMILES string of the molecule is O=P(O)(c1ccccc1)c1ccccc1-c1ccc(F)cc1. The lowest BCUT2D eigenvalue weighted by atomic mass is 10.1. The van der Waals surface area contributed by atoms with Crippen LogP contribution in [-0.4, -0.2) is 4.89 Å². The van der Waals surface area contributed by atoms with Crippen molar-refractivity contribution < 1.29 is 13.8 Å². The zero-order valence-corrected chi connectivity index (χ0v) is 12.6. The summed E-state index contributed by atoms with van der Waals surface area (Å²) >= 11 is 0. The smallest absolute Gasteiger partial charge is 0.259 e. The minimum Gasteiger partial charge on any atom is -0.338 e. The van der Waals surface area contributed by atoms with E-state index in [1.165, 1.54) is 12.1 Å². The van der Waals surface area contributed by atoms with Crippen molar-refractivity contribution in [2.24, 2.45) is 0 Å². The van der Waals surface area contributed by atoms with Gasteiger partial charge in [-0.05, 0) is 41.5 Å². The number of benzene rings is 3. The molecule has 4 heteroatoms. The molecule has 0 fully saturated rings. The average Bonchev–Trinajstić information content (AvgIpc) is 2.56. The van der Waals surface area contributed by atoms with Gasteiger partial charge in [0.1, 0.15) is 5.82 Å². The van der Waals surface area contributed by atoms with Gasteiger partial charge >= 0.3 is 0 Å². The Bertz CT molecular complexity index is 829. The van der Waals surface area contributed by atoms with Gasteiger partial charge in [0.15, 0.2) is 0 Å². The Morgan fingerprint density at radius 3 is 2.05 bits per heavy atom. The Hall–Kier alpha value is -2.22. The molecule has 0 saturated carbocycles. The molecular weight excluding hydrogens is 298 g/mol. The van der Waals surface area contributed by atoms with Crippen molar-refractivity contribution in [1.82, 2.24) is 0 Å². The van der Waals surface area contributed by atoms with E-state index in [0.717, 1.165) is 0 Å². The maximum Gasteiger partial charge on any atom is 0.259 e. The molecule has 1 atom stereocenters. The molecule has 0 aliphatic rings. The van der Waals surface area contributed by atoms with E-state index in [0.29, 0.717) is 21.7 Å². The van der Waals surface area contributed by atoms with Gasteiger partial charge < -0.3 is 4.89 Å². The summed E-state index contributed by atoms with van der Waals surface area (Å²) in [6.45, 7) is 0.